The van der Waals surface area contributed by atoms with Gasteiger partial charge in [-0.05, 0) is 37.5 Å². The van der Waals surface area contributed by atoms with Gasteiger partial charge in [-0.25, -0.2) is 4.79 Å². The topological polar surface area (TPSA) is 123 Å². The maximum atomic E-state index is 12.6. The van der Waals surface area contributed by atoms with E-state index in [9.17, 15) is 14.4 Å². The average molecular weight is 442 g/mol. The highest BCUT2D eigenvalue weighted by atomic mass is 16.5. The Labute approximate surface area is 185 Å². The molecule has 1 saturated heterocycles. The number of aromatic nitrogens is 1. The van der Waals surface area contributed by atoms with E-state index < -0.39 is 11.4 Å². The van der Waals surface area contributed by atoms with Crippen LogP contribution in [-0.2, 0) is 4.79 Å². The predicted molar refractivity (Wildman–Crippen MR) is 113 cm³/mol. The fraction of sp³-hybridized carbons (Fsp3) is 0.455. The highest BCUT2D eigenvalue weighted by Crippen LogP contribution is 2.35. The Hall–Kier alpha value is -3.56. The maximum Gasteiger partial charge on any atom is 0.325 e. The molecule has 10 heteroatoms. The largest absolute Gasteiger partial charge is 0.497 e. The zero-order valence-electron chi connectivity index (χ0n) is 18.1. The number of urea groups is 1. The first-order valence-electron chi connectivity index (χ1n) is 10.6. The second kappa shape index (κ2) is 8.89. The summed E-state index contributed by atoms with van der Waals surface area (Å²) in [4.78, 5) is 38.5. The molecule has 10 nitrogen and oxygen atoms in total. The summed E-state index contributed by atoms with van der Waals surface area (Å²) in [7, 11) is 3.09. The minimum atomic E-state index is -0.710. The van der Waals surface area contributed by atoms with Crippen molar-refractivity contribution in [3.05, 3.63) is 30.0 Å². The second-order valence-corrected chi connectivity index (χ2v) is 7.93. The summed E-state index contributed by atoms with van der Waals surface area (Å²) in [6, 6.07) is 6.40. The predicted octanol–water partition coefficient (Wildman–Crippen LogP) is 2.34. The summed E-state index contributed by atoms with van der Waals surface area (Å²) in [5.74, 6) is 0.976. The van der Waals surface area contributed by atoms with Gasteiger partial charge in [-0.15, -0.1) is 0 Å². The third kappa shape index (κ3) is 4.00. The van der Waals surface area contributed by atoms with E-state index in [1.54, 1.807) is 25.3 Å². The van der Waals surface area contributed by atoms with Crippen LogP contribution in [-0.4, -0.2) is 60.8 Å². The lowest BCUT2D eigenvalue weighted by Gasteiger charge is -2.20. The van der Waals surface area contributed by atoms with E-state index >= 15 is 0 Å². The van der Waals surface area contributed by atoms with E-state index in [1.807, 2.05) is 0 Å². The zero-order valence-corrected chi connectivity index (χ0v) is 18.1. The SMILES string of the molecule is COc1ccc(OC)c(-c2cc(C(=O)NCCCN3C(=O)NC4(CCCC4)C3=O)no2)c1. The molecule has 0 bridgehead atoms. The molecule has 1 aliphatic heterocycles. The van der Waals surface area contributed by atoms with Crippen molar-refractivity contribution in [1.29, 1.82) is 0 Å². The molecule has 0 atom stereocenters. The number of ether oxygens (including phenoxy) is 2. The van der Waals surface area contributed by atoms with Gasteiger partial charge in [-0.3, -0.25) is 14.5 Å². The molecule has 4 amide bonds. The highest BCUT2D eigenvalue weighted by molar-refractivity contribution is 6.07. The molecule has 1 spiro atoms. The van der Waals surface area contributed by atoms with E-state index in [4.69, 9.17) is 14.0 Å². The number of nitrogens with one attached hydrogen (secondary N) is 2. The van der Waals surface area contributed by atoms with Crippen molar-refractivity contribution >= 4 is 17.8 Å². The molecule has 1 aromatic carbocycles. The van der Waals surface area contributed by atoms with Gasteiger partial charge >= 0.3 is 6.03 Å². The Balaban J connectivity index is 1.32. The number of hydrogen-bond donors (Lipinski definition) is 2. The summed E-state index contributed by atoms with van der Waals surface area (Å²) in [5, 5.41) is 9.43. The molecule has 2 aliphatic rings. The molecule has 2 N–H and O–H groups in total. The van der Waals surface area contributed by atoms with Gasteiger partial charge in [0, 0.05) is 19.2 Å². The first-order chi connectivity index (χ1) is 15.5. The van der Waals surface area contributed by atoms with Gasteiger partial charge in [-0.1, -0.05) is 18.0 Å². The molecular formula is C22H26N4O6. The number of rotatable bonds is 8. The van der Waals surface area contributed by atoms with E-state index in [0.717, 1.165) is 12.8 Å². The van der Waals surface area contributed by atoms with Gasteiger partial charge in [0.25, 0.3) is 11.8 Å². The van der Waals surface area contributed by atoms with Crippen LogP contribution >= 0.6 is 0 Å². The minimum absolute atomic E-state index is 0.116. The second-order valence-electron chi connectivity index (χ2n) is 7.93. The number of carbonyl (C=O) groups excluding carboxylic acids is 3. The van der Waals surface area contributed by atoms with Crippen LogP contribution in [0.2, 0.25) is 0 Å². The van der Waals surface area contributed by atoms with Gasteiger partial charge in [0.15, 0.2) is 11.5 Å². The summed E-state index contributed by atoms with van der Waals surface area (Å²) in [5.41, 5.74) is 0.0149. The number of carbonyl (C=O) groups is 3. The van der Waals surface area contributed by atoms with Crippen LogP contribution in [0, 0.1) is 0 Å². The smallest absolute Gasteiger partial charge is 0.325 e. The number of amides is 4. The van der Waals surface area contributed by atoms with Gasteiger partial charge in [0.2, 0.25) is 0 Å². The third-order valence-corrected chi connectivity index (χ3v) is 5.96. The molecule has 32 heavy (non-hydrogen) atoms. The third-order valence-electron chi connectivity index (χ3n) is 5.96. The molecule has 4 rings (SSSR count). The molecular weight excluding hydrogens is 416 g/mol. The molecule has 1 saturated carbocycles. The number of methoxy groups -OCH3 is 2. The Kier molecular flexibility index (Phi) is 6.02. The molecule has 1 aliphatic carbocycles. The van der Waals surface area contributed by atoms with Crippen molar-refractivity contribution in [3.63, 3.8) is 0 Å². The molecule has 170 valence electrons. The first kappa shape index (κ1) is 21.7. The lowest BCUT2D eigenvalue weighted by Crippen LogP contribution is -2.44. The lowest BCUT2D eigenvalue weighted by molar-refractivity contribution is -0.131. The molecule has 2 heterocycles. The Bertz CT molecular complexity index is 1030. The fourth-order valence-electron chi connectivity index (χ4n) is 4.24. The van der Waals surface area contributed by atoms with Crippen molar-refractivity contribution in [1.82, 2.24) is 20.7 Å². The van der Waals surface area contributed by atoms with Gasteiger partial charge in [0.05, 0.1) is 19.8 Å². The van der Waals surface area contributed by atoms with E-state index in [-0.39, 0.29) is 30.7 Å². The monoisotopic (exact) mass is 442 g/mol. The van der Waals surface area contributed by atoms with Crippen LogP contribution in [0.4, 0.5) is 4.79 Å². The lowest BCUT2D eigenvalue weighted by atomic mass is 9.98. The van der Waals surface area contributed by atoms with Crippen molar-refractivity contribution in [2.75, 3.05) is 27.3 Å². The zero-order chi connectivity index (χ0) is 22.7. The number of benzene rings is 1. The Morgan fingerprint density at radius 1 is 1.22 bits per heavy atom. The number of nitrogens with zero attached hydrogens (tertiary/aromatic N) is 2. The van der Waals surface area contributed by atoms with Crippen molar-refractivity contribution in [2.45, 2.75) is 37.6 Å². The normalized spacial score (nSPS) is 17.0. The van der Waals surface area contributed by atoms with Crippen molar-refractivity contribution < 1.29 is 28.4 Å². The molecule has 0 radical (unpaired) electrons. The quantitative estimate of drug-likeness (QED) is 0.475. The average Bonchev–Trinajstić information content (AvgIpc) is 3.53. The first-order valence-corrected chi connectivity index (χ1v) is 10.6. The van der Waals surface area contributed by atoms with E-state index in [0.29, 0.717) is 42.1 Å². The summed E-state index contributed by atoms with van der Waals surface area (Å²) < 4.78 is 15.9. The minimum Gasteiger partial charge on any atom is -0.497 e. The van der Waals surface area contributed by atoms with Crippen molar-refractivity contribution in [2.24, 2.45) is 0 Å². The van der Waals surface area contributed by atoms with Crippen LogP contribution in [0.25, 0.3) is 11.3 Å². The number of hydrogen-bond acceptors (Lipinski definition) is 7. The van der Waals surface area contributed by atoms with Crippen LogP contribution < -0.4 is 20.1 Å². The fourth-order valence-corrected chi connectivity index (χ4v) is 4.24. The van der Waals surface area contributed by atoms with Crippen LogP contribution in [0.15, 0.2) is 28.8 Å². The molecule has 2 fully saturated rings. The van der Waals surface area contributed by atoms with Crippen LogP contribution in [0.5, 0.6) is 11.5 Å². The summed E-state index contributed by atoms with van der Waals surface area (Å²) >= 11 is 0. The Morgan fingerprint density at radius 2 is 2.00 bits per heavy atom. The van der Waals surface area contributed by atoms with E-state index in [1.165, 1.54) is 18.1 Å². The maximum absolute atomic E-state index is 12.6. The van der Waals surface area contributed by atoms with E-state index in [2.05, 4.69) is 15.8 Å². The highest BCUT2D eigenvalue weighted by Gasteiger charge is 2.51. The molecule has 0 unspecified atom stereocenters. The van der Waals surface area contributed by atoms with Gasteiger partial charge < -0.3 is 24.6 Å². The summed E-state index contributed by atoms with van der Waals surface area (Å²) in [6.45, 7) is 0.533. The Morgan fingerprint density at radius 3 is 2.72 bits per heavy atom. The standard InChI is InChI=1S/C22H26N4O6/c1-30-14-6-7-17(31-2)15(12-14)18-13-16(25-32-18)19(27)23-10-5-11-26-20(28)22(24-21(26)29)8-3-4-9-22/h6-7,12-13H,3-5,8-11H2,1-2H3,(H,23,27)(H,24,29). The van der Waals surface area contributed by atoms with Crippen LogP contribution in [0.1, 0.15) is 42.6 Å². The molecule has 2 aromatic rings. The van der Waals surface area contributed by atoms with Crippen LogP contribution in [0.3, 0.4) is 0 Å². The van der Waals surface area contributed by atoms with Crippen molar-refractivity contribution in [3.8, 4) is 22.8 Å². The number of imide groups is 1. The van der Waals surface area contributed by atoms with Gasteiger partial charge in [-0.2, -0.15) is 0 Å². The molecule has 1 aromatic heterocycles. The van der Waals surface area contributed by atoms with Gasteiger partial charge in [0.1, 0.15) is 17.0 Å². The summed E-state index contributed by atoms with van der Waals surface area (Å²) in [6.07, 6.45) is 3.71.